The van der Waals surface area contributed by atoms with Gasteiger partial charge in [0.05, 0.1) is 6.61 Å². The molecule has 14 nitrogen and oxygen atoms in total. The molecule has 8 N–H and O–H groups in total. The summed E-state index contributed by atoms with van der Waals surface area (Å²) in [4.78, 5) is 45.9. The van der Waals surface area contributed by atoms with E-state index in [1.54, 1.807) is 0 Å². The van der Waals surface area contributed by atoms with Gasteiger partial charge >= 0.3 is 13.5 Å². The second kappa shape index (κ2) is 20.9. The normalized spacial score (nSPS) is 23.6. The number of aromatic hydroxyl groups is 1. The first-order chi connectivity index (χ1) is 24.6. The van der Waals surface area contributed by atoms with Crippen molar-refractivity contribution in [2.75, 3.05) is 6.61 Å². The molecule has 1 fully saturated rings. The van der Waals surface area contributed by atoms with Crippen LogP contribution in [0.25, 0.3) is 0 Å². The van der Waals surface area contributed by atoms with E-state index in [1.807, 2.05) is 18.8 Å². The summed E-state index contributed by atoms with van der Waals surface area (Å²) < 4.78 is 21.6. The number of ether oxygens (including phenoxy) is 2. The lowest BCUT2D eigenvalue weighted by atomic mass is 9.84. The monoisotopic (exact) mass is 772 g/mol. The number of fused-ring (bicyclic) bond motifs is 1. The summed E-state index contributed by atoms with van der Waals surface area (Å²) in [6.07, 6.45) is 10.5. The minimum Gasteiger partial charge on any atom is -0.507 e. The van der Waals surface area contributed by atoms with Gasteiger partial charge in [0.25, 0.3) is 5.56 Å². The molecule has 3 heterocycles. The van der Waals surface area contributed by atoms with E-state index >= 15 is 0 Å². The average Bonchev–Trinajstić information content (AvgIpc) is 3.34. The third kappa shape index (κ3) is 14.9. The highest BCUT2D eigenvalue weighted by atomic mass is 31.2. The maximum Gasteiger partial charge on any atom is 0.466 e. The fraction of sp³-hybridized carbons (Fsp3) is 0.737. The minimum atomic E-state index is -4.64. The van der Waals surface area contributed by atoms with Gasteiger partial charge in [-0.05, 0) is 87.8 Å². The zero-order valence-electron chi connectivity index (χ0n) is 32.7. The van der Waals surface area contributed by atoms with Crippen molar-refractivity contribution in [2.45, 2.75) is 156 Å². The highest BCUT2D eigenvalue weighted by Crippen LogP contribution is 2.44. The van der Waals surface area contributed by atoms with Gasteiger partial charge in [0.1, 0.15) is 35.4 Å². The molecule has 53 heavy (non-hydrogen) atoms. The highest BCUT2D eigenvalue weighted by Gasteiger charge is 2.43. The topological polar surface area (TPSA) is 232 Å². The Labute approximate surface area is 313 Å². The third-order valence-electron chi connectivity index (χ3n) is 10.5. The van der Waals surface area contributed by atoms with Crippen LogP contribution in [0.4, 0.5) is 0 Å². The van der Waals surface area contributed by atoms with Gasteiger partial charge in [-0.15, -0.1) is 0 Å². The van der Waals surface area contributed by atoms with E-state index in [0.29, 0.717) is 5.75 Å². The maximum absolute atomic E-state index is 11.4. The van der Waals surface area contributed by atoms with Crippen LogP contribution >= 0.6 is 7.82 Å². The van der Waals surface area contributed by atoms with E-state index in [0.717, 1.165) is 76.3 Å². The van der Waals surface area contributed by atoms with Crippen LogP contribution in [-0.2, 0) is 15.7 Å². The number of phenols is 1. The fourth-order valence-corrected chi connectivity index (χ4v) is 7.01. The van der Waals surface area contributed by atoms with Gasteiger partial charge < -0.3 is 44.6 Å². The first-order valence-electron chi connectivity index (χ1n) is 18.8. The van der Waals surface area contributed by atoms with Gasteiger partial charge in [-0.1, -0.05) is 72.6 Å². The Kier molecular flexibility index (Phi) is 18.4. The first-order valence-corrected chi connectivity index (χ1v) is 20.4. The van der Waals surface area contributed by atoms with E-state index in [2.05, 4.69) is 41.5 Å². The molecular weight excluding hydrogens is 707 g/mol. The van der Waals surface area contributed by atoms with Crippen LogP contribution in [0.3, 0.4) is 0 Å². The molecule has 0 unspecified atom stereocenters. The summed E-state index contributed by atoms with van der Waals surface area (Å²) in [5.74, 6) is 4.04. The molecule has 2 aromatic rings. The molecule has 2 aliphatic rings. The first kappa shape index (κ1) is 46.6. The van der Waals surface area contributed by atoms with E-state index in [9.17, 15) is 24.9 Å². The van der Waals surface area contributed by atoms with Crippen LogP contribution in [0, 0.1) is 38.5 Å². The van der Waals surface area contributed by atoms with Crippen LogP contribution in [0.15, 0.2) is 21.9 Å². The lowest BCUT2D eigenvalue weighted by Crippen LogP contribution is -2.37. The largest absolute Gasteiger partial charge is 0.507 e. The molecule has 4 rings (SSSR count). The predicted molar refractivity (Wildman–Crippen MR) is 203 cm³/mol. The number of phosphoric acid groups is 1. The van der Waals surface area contributed by atoms with Crippen molar-refractivity contribution in [1.82, 2.24) is 9.55 Å². The van der Waals surface area contributed by atoms with E-state index < -0.39 is 50.2 Å². The van der Waals surface area contributed by atoms with Gasteiger partial charge in [-0.3, -0.25) is 14.3 Å². The number of aromatic amines is 1. The molecule has 2 aliphatic heterocycles. The summed E-state index contributed by atoms with van der Waals surface area (Å²) >= 11 is 0. The van der Waals surface area contributed by atoms with Crippen molar-refractivity contribution >= 4 is 7.82 Å². The number of benzene rings is 1. The number of H-pyrrole nitrogens is 1. The van der Waals surface area contributed by atoms with Crippen molar-refractivity contribution in [3.8, 4) is 11.5 Å². The standard InChI is InChI=1S/C29H50O2.C9H12N2O6.H3O4P/c1-20(2)12-9-13-21(3)14-10-15-22(4)16-11-18-29(8)19-17-26-25(7)27(30)23(5)24(6)28(26)31-29;12-3-4-6(14)7(15)8(17-4)11-2-1-5(13)10-9(11)16;1-5(2,3)4/h20-22,30H,9-19H2,1-8H3;1-2,4,6-8,12,14-15H,3H2,(H,10,13,16);(H3,1,2,3,4)/t21-,22-,29-;4-,6-,7-,8-;/m11./s1. The average molecular weight is 773 g/mol. The van der Waals surface area contributed by atoms with Crippen LogP contribution < -0.4 is 16.0 Å². The molecule has 0 spiro atoms. The number of nitrogens with zero attached hydrogens (tertiary/aromatic N) is 1. The summed E-state index contributed by atoms with van der Waals surface area (Å²) in [5.41, 5.74) is 2.90. The molecule has 304 valence electrons. The van der Waals surface area contributed by atoms with Crippen molar-refractivity contribution in [3.63, 3.8) is 0 Å². The molecule has 1 aromatic carbocycles. The number of aromatic nitrogens is 2. The van der Waals surface area contributed by atoms with Gasteiger partial charge in [-0.25, -0.2) is 9.36 Å². The van der Waals surface area contributed by atoms with Crippen LogP contribution in [0.1, 0.15) is 127 Å². The number of hydrogen-bond donors (Lipinski definition) is 8. The number of nitrogens with one attached hydrogen (secondary N) is 1. The molecule has 1 saturated heterocycles. The maximum atomic E-state index is 11.4. The van der Waals surface area contributed by atoms with Crippen molar-refractivity contribution in [1.29, 1.82) is 0 Å². The lowest BCUT2D eigenvalue weighted by Gasteiger charge is -2.38. The second-order valence-corrected chi connectivity index (χ2v) is 16.7. The zero-order chi connectivity index (χ0) is 40.3. The van der Waals surface area contributed by atoms with Crippen LogP contribution in [0.5, 0.6) is 11.5 Å². The number of aliphatic hydroxyl groups excluding tert-OH is 3. The Hall–Kier alpha value is -2.55. The Balaban J connectivity index is 0.000000367. The molecule has 7 atom stereocenters. The molecule has 0 amide bonds. The second-order valence-electron chi connectivity index (χ2n) is 15.7. The summed E-state index contributed by atoms with van der Waals surface area (Å²) in [7, 11) is -4.64. The molecule has 0 saturated carbocycles. The Morgan fingerprint density at radius 2 is 1.45 bits per heavy atom. The predicted octanol–water partition coefficient (Wildman–Crippen LogP) is 5.06. The molecular formula is C38H65N2O12P. The Bertz CT molecular complexity index is 1600. The Morgan fingerprint density at radius 1 is 0.906 bits per heavy atom. The number of hydrogen-bond acceptors (Lipinski definition) is 9. The van der Waals surface area contributed by atoms with Crippen LogP contribution in [-0.4, -0.2) is 75.2 Å². The molecule has 0 radical (unpaired) electrons. The highest BCUT2D eigenvalue weighted by molar-refractivity contribution is 7.45. The van der Waals surface area contributed by atoms with E-state index in [1.165, 1.54) is 56.9 Å². The van der Waals surface area contributed by atoms with E-state index in [4.69, 9.17) is 33.8 Å². The SMILES string of the molecule is Cc1c(C)c2c(c(C)c1O)CC[C@@](C)(CCC[C@H](C)CCC[C@H](C)CCCC(C)C)O2.O=P(O)(O)O.O=c1ccn([C@@H]2O[C@H](CO)[C@@H](O)[C@H]2O)c(=O)[nH]1. The molecule has 1 aromatic heterocycles. The number of phenolic OH excluding ortho intramolecular Hbond substituents is 1. The summed E-state index contributed by atoms with van der Waals surface area (Å²) in [6.45, 7) is 17.5. The molecule has 0 aliphatic carbocycles. The van der Waals surface area contributed by atoms with Crippen LogP contribution in [0.2, 0.25) is 0 Å². The number of rotatable bonds is 14. The summed E-state index contributed by atoms with van der Waals surface area (Å²) in [5, 5.41) is 38.5. The van der Waals surface area contributed by atoms with Gasteiger partial charge in [0.15, 0.2) is 6.23 Å². The minimum absolute atomic E-state index is 0.0712. The fourth-order valence-electron chi connectivity index (χ4n) is 7.01. The number of aliphatic hydroxyl groups is 3. The zero-order valence-corrected chi connectivity index (χ0v) is 33.6. The molecule has 15 heteroatoms. The van der Waals surface area contributed by atoms with E-state index in [-0.39, 0.29) is 5.60 Å². The van der Waals surface area contributed by atoms with Gasteiger partial charge in [0, 0.05) is 17.8 Å². The third-order valence-corrected chi connectivity index (χ3v) is 10.5. The smallest absolute Gasteiger partial charge is 0.466 e. The van der Waals surface area contributed by atoms with Crippen molar-refractivity contribution in [2.24, 2.45) is 17.8 Å². The lowest BCUT2D eigenvalue weighted by molar-refractivity contribution is -0.0550. The van der Waals surface area contributed by atoms with Gasteiger partial charge in [-0.2, -0.15) is 0 Å². The quantitative estimate of drug-likeness (QED) is 0.118. The van der Waals surface area contributed by atoms with Gasteiger partial charge in [0.2, 0.25) is 0 Å². The molecule has 0 bridgehead atoms. The van der Waals surface area contributed by atoms with Crippen molar-refractivity contribution in [3.05, 3.63) is 55.4 Å². The Morgan fingerprint density at radius 3 is 1.96 bits per heavy atom. The summed E-state index contributed by atoms with van der Waals surface area (Å²) in [6, 6.07) is 1.09. The van der Waals surface area contributed by atoms with Crippen molar-refractivity contribution < 1.29 is 49.1 Å².